The molecule has 16 nitrogen and oxygen atoms in total. The fourth-order valence-corrected chi connectivity index (χ4v) is 10.1. The van der Waals surface area contributed by atoms with Crippen LogP contribution in [0.3, 0.4) is 0 Å². The van der Waals surface area contributed by atoms with E-state index in [1.807, 2.05) is 49.3 Å². The van der Waals surface area contributed by atoms with Crippen LogP contribution in [0.1, 0.15) is 71.4 Å². The number of likely N-dealkylation sites (N-methyl/N-ethyl adjacent to an activating group) is 1. The minimum atomic E-state index is -4.73. The van der Waals surface area contributed by atoms with Crippen LogP contribution in [0.25, 0.3) is 0 Å². The lowest BCUT2D eigenvalue weighted by molar-refractivity contribution is -0.438. The Morgan fingerprint density at radius 2 is 1.43 bits per heavy atom. The van der Waals surface area contributed by atoms with E-state index in [9.17, 15) is 52.1 Å². The molecule has 0 saturated heterocycles. The summed E-state index contributed by atoms with van der Waals surface area (Å²) in [6, 6.07) is 8.83. The maximum Gasteiger partial charge on any atom is 0.321 e. The van der Waals surface area contributed by atoms with Gasteiger partial charge in [-0.3, -0.25) is 9.35 Å². The van der Waals surface area contributed by atoms with Crippen molar-refractivity contribution in [1.82, 2.24) is 4.31 Å². The van der Waals surface area contributed by atoms with E-state index in [-0.39, 0.29) is 29.2 Å². The molecule has 0 amide bonds. The number of allylic oxidation sites excluding steroid dienone is 8. The van der Waals surface area contributed by atoms with Crippen molar-refractivity contribution in [3.63, 3.8) is 0 Å². The van der Waals surface area contributed by atoms with Gasteiger partial charge in [-0.2, -0.15) is 17.3 Å². The molecule has 0 spiro atoms. The molecule has 0 aromatic heterocycles. The molecule has 2 aromatic carbocycles. The lowest BCUT2D eigenvalue weighted by Gasteiger charge is -2.27. The number of anilines is 1. The highest BCUT2D eigenvalue weighted by Crippen LogP contribution is 2.48. The summed E-state index contributed by atoms with van der Waals surface area (Å²) >= 11 is 0. The van der Waals surface area contributed by atoms with Crippen molar-refractivity contribution in [1.29, 1.82) is 0 Å². The van der Waals surface area contributed by atoms with Crippen LogP contribution in [-0.2, 0) is 60.7 Å². The molecule has 0 atom stereocenters. The molecule has 0 fully saturated rings. The molecule has 0 unspecified atom stereocenters. The molecular weight excluding hydrogens is 859 g/mol. The van der Waals surface area contributed by atoms with E-state index in [1.54, 1.807) is 55.5 Å². The molecule has 330 valence electrons. The highest BCUT2D eigenvalue weighted by atomic mass is 32.2. The number of benzene rings is 2. The summed E-state index contributed by atoms with van der Waals surface area (Å²) < 4.78 is 136. The Labute approximate surface area is 353 Å². The highest BCUT2D eigenvalue weighted by Gasteiger charge is 2.45. The topological polar surface area (TPSA) is 239 Å². The van der Waals surface area contributed by atoms with Gasteiger partial charge in [-0.05, 0) is 82.0 Å². The highest BCUT2D eigenvalue weighted by molar-refractivity contribution is 7.89. The first-order valence-electron chi connectivity index (χ1n) is 19.1. The Morgan fingerprint density at radius 3 is 2.07 bits per heavy atom. The van der Waals surface area contributed by atoms with Crippen molar-refractivity contribution in [3.05, 3.63) is 95.8 Å². The van der Waals surface area contributed by atoms with E-state index in [0.29, 0.717) is 48.4 Å². The monoisotopic (exact) mass is 910 g/mol. The number of carbonyl (C=O) groups is 1. The van der Waals surface area contributed by atoms with Crippen LogP contribution < -0.4 is 4.90 Å². The van der Waals surface area contributed by atoms with Crippen LogP contribution in [0.2, 0.25) is 0 Å². The number of sulfonamides is 1. The van der Waals surface area contributed by atoms with Crippen LogP contribution >= 0.6 is 0 Å². The van der Waals surface area contributed by atoms with Crippen LogP contribution in [0.4, 0.5) is 11.4 Å². The Hall–Kier alpha value is -4.02. The fraction of sp³-hybridized carbons (Fsp3) is 0.450. The normalized spacial score (nSPS) is 17.5. The smallest absolute Gasteiger partial charge is 0.321 e. The molecule has 2 heterocycles. The first-order valence-corrected chi connectivity index (χ1v) is 25.2. The number of carbonyl (C=O) groups excluding carboxylic acids is 1. The Kier molecular flexibility index (Phi) is 15.4. The summed E-state index contributed by atoms with van der Waals surface area (Å²) in [5, 5.41) is 0. The molecule has 4 rings (SSSR count). The predicted molar refractivity (Wildman–Crippen MR) is 225 cm³/mol. The zero-order valence-corrected chi connectivity index (χ0v) is 37.7. The summed E-state index contributed by atoms with van der Waals surface area (Å²) in [5.41, 5.74) is 2.72. The van der Waals surface area contributed by atoms with E-state index in [2.05, 4.69) is 0 Å². The summed E-state index contributed by atoms with van der Waals surface area (Å²) in [7, 11) is -16.1. The van der Waals surface area contributed by atoms with Crippen LogP contribution in [0, 0.1) is 0 Å². The lowest BCUT2D eigenvalue weighted by Crippen LogP contribution is -2.33. The summed E-state index contributed by atoms with van der Waals surface area (Å²) in [6.07, 6.45) is 13.6. The number of rotatable bonds is 20. The third-order valence-corrected chi connectivity index (χ3v) is 14.6. The van der Waals surface area contributed by atoms with Crippen LogP contribution in [0.5, 0.6) is 0 Å². The van der Waals surface area contributed by atoms with Gasteiger partial charge in [0.05, 0.1) is 37.7 Å². The second kappa shape index (κ2) is 18.9. The summed E-state index contributed by atoms with van der Waals surface area (Å²) in [4.78, 5) is 13.6. The maximum absolute atomic E-state index is 13.5. The van der Waals surface area contributed by atoms with Crippen molar-refractivity contribution < 1.29 is 61.4 Å². The number of hydrogen-bond donors (Lipinski definition) is 1. The first kappa shape index (κ1) is 48.6. The minimum Gasteiger partial charge on any atom is -0.748 e. The van der Waals surface area contributed by atoms with Gasteiger partial charge in [-0.1, -0.05) is 44.2 Å². The number of unbranched alkanes of at least 4 members (excludes halogenated alkanes) is 2. The van der Waals surface area contributed by atoms with Gasteiger partial charge < -0.3 is 18.7 Å². The van der Waals surface area contributed by atoms with Gasteiger partial charge >= 0.3 is 5.97 Å². The van der Waals surface area contributed by atoms with E-state index >= 15 is 0 Å². The number of fused-ring (bicyclic) bond motifs is 2. The quantitative estimate of drug-likeness (QED) is 0.0633. The SMILES string of the molecule is CCOC(=O)CN(C)S(=O)(=O)c1ccc2c(c1)C(C)(C)C(/C=C/C=C/C=C/C=C1/N(CCCCS(=O)(=O)O)c3ccc(S(=O)(=O)[O-])cc3C1(C)C)=[N+]2CCCCS(=O)(=O)[O-]. The van der Waals surface area contributed by atoms with Crippen molar-refractivity contribution in [2.45, 2.75) is 80.9 Å². The Bertz CT molecular complexity index is 2570. The molecule has 2 aliphatic rings. The number of hydrogen-bond acceptors (Lipinski definition) is 13. The van der Waals surface area contributed by atoms with Crippen molar-refractivity contribution in [2.75, 3.05) is 49.7 Å². The van der Waals surface area contributed by atoms with Gasteiger partial charge in [0.25, 0.3) is 10.1 Å². The molecule has 1 N–H and O–H groups in total. The van der Waals surface area contributed by atoms with Crippen LogP contribution in [-0.4, -0.2) is 113 Å². The molecule has 0 radical (unpaired) electrons. The number of ether oxygens (including phenoxy) is 1. The van der Waals surface area contributed by atoms with E-state index in [0.717, 1.165) is 15.7 Å². The van der Waals surface area contributed by atoms with Crippen LogP contribution in [0.15, 0.2) is 94.4 Å². The molecule has 0 saturated carbocycles. The minimum absolute atomic E-state index is 0.0241. The van der Waals surface area contributed by atoms with E-state index in [4.69, 9.17) is 4.74 Å². The zero-order chi connectivity index (χ0) is 44.9. The number of nitrogens with zero attached hydrogens (tertiary/aromatic N) is 3. The van der Waals surface area contributed by atoms with Gasteiger partial charge in [0.15, 0.2) is 5.71 Å². The van der Waals surface area contributed by atoms with Gasteiger partial charge in [-0.15, -0.1) is 0 Å². The largest absolute Gasteiger partial charge is 0.748 e. The molecule has 60 heavy (non-hydrogen) atoms. The predicted octanol–water partition coefficient (Wildman–Crippen LogP) is 4.49. The van der Waals surface area contributed by atoms with Crippen molar-refractivity contribution >= 4 is 63.4 Å². The van der Waals surface area contributed by atoms with Gasteiger partial charge in [0.1, 0.15) is 23.2 Å². The lowest BCUT2D eigenvalue weighted by atomic mass is 9.81. The molecule has 0 bridgehead atoms. The Balaban J connectivity index is 1.62. The second-order valence-electron chi connectivity index (χ2n) is 15.5. The van der Waals surface area contributed by atoms with E-state index < -0.39 is 75.2 Å². The average molecular weight is 911 g/mol. The molecule has 0 aliphatic carbocycles. The first-order chi connectivity index (χ1) is 27.7. The molecular formula is C40H52N3O13S4-. The van der Waals surface area contributed by atoms with Gasteiger partial charge in [0, 0.05) is 60.3 Å². The number of esters is 1. The van der Waals surface area contributed by atoms with Gasteiger partial charge in [0.2, 0.25) is 15.7 Å². The van der Waals surface area contributed by atoms with Crippen molar-refractivity contribution in [3.8, 4) is 0 Å². The maximum atomic E-state index is 13.5. The molecule has 2 aromatic rings. The summed E-state index contributed by atoms with van der Waals surface area (Å²) in [6.45, 7) is 9.56. The van der Waals surface area contributed by atoms with Gasteiger partial charge in [-0.25, -0.2) is 25.3 Å². The van der Waals surface area contributed by atoms with E-state index in [1.165, 1.54) is 25.2 Å². The standard InChI is InChI=1S/C40H53N3O13S4/c1-7-56-38(44)29-41(6)59(51,52)30-19-21-34-32(27-30)39(2,3)36(42(34)23-13-15-25-57(45,46)47)17-11-9-8-10-12-18-37-40(4,5)33-28-31(60(53,54)55)20-22-35(33)43(37)24-14-16-26-58(48,49)50/h8-12,17-22,27-28H,7,13-16,23-26,29H2,1-6H3,(H2-,45,46,47,48,49,50,53,54,55)/p-1. The third kappa shape index (κ3) is 11.9. The zero-order valence-electron chi connectivity index (χ0n) is 34.4. The fourth-order valence-electron chi connectivity index (χ4n) is 7.35. The average Bonchev–Trinajstić information content (AvgIpc) is 3.47. The third-order valence-electron chi connectivity index (χ3n) is 10.4. The molecule has 2 aliphatic heterocycles. The molecule has 20 heteroatoms. The Morgan fingerprint density at radius 1 is 0.817 bits per heavy atom. The van der Waals surface area contributed by atoms with Crippen molar-refractivity contribution in [2.24, 2.45) is 0 Å². The second-order valence-corrected chi connectivity index (χ2v) is 22.0. The summed E-state index contributed by atoms with van der Waals surface area (Å²) in [5.74, 6) is -1.62.